The van der Waals surface area contributed by atoms with E-state index in [1.54, 1.807) is 24.3 Å². The average Bonchev–Trinajstić information content (AvgIpc) is 3.18. The maximum absolute atomic E-state index is 13.5. The summed E-state index contributed by atoms with van der Waals surface area (Å²) in [6.45, 7) is 1.58. The van der Waals surface area contributed by atoms with Gasteiger partial charge in [0.2, 0.25) is 0 Å². The molecule has 0 bridgehead atoms. The fraction of sp³-hybridized carbons (Fsp3) is 0.407. The Morgan fingerprint density at radius 2 is 1.97 bits per heavy atom. The second kappa shape index (κ2) is 11.2. The molecule has 38 heavy (non-hydrogen) atoms. The van der Waals surface area contributed by atoms with Crippen LogP contribution in [-0.2, 0) is 21.1 Å². The number of nitrogens with zero attached hydrogens (tertiary/aromatic N) is 1. The van der Waals surface area contributed by atoms with Gasteiger partial charge in [-0.1, -0.05) is 12.0 Å². The van der Waals surface area contributed by atoms with Gasteiger partial charge in [-0.05, 0) is 56.0 Å². The van der Waals surface area contributed by atoms with E-state index in [9.17, 15) is 21.6 Å². The lowest BCUT2D eigenvalue weighted by atomic mass is 10.0. The first-order valence-electron chi connectivity index (χ1n) is 12.1. The molecule has 2 aromatic carbocycles. The molecule has 0 saturated carbocycles. The van der Waals surface area contributed by atoms with Crippen molar-refractivity contribution < 1.29 is 31.1 Å². The molecule has 3 aromatic rings. The van der Waals surface area contributed by atoms with Crippen LogP contribution >= 0.6 is 0 Å². The van der Waals surface area contributed by atoms with E-state index in [1.807, 2.05) is 13.0 Å². The topological polar surface area (TPSA) is 81.6 Å². The molecule has 0 amide bonds. The molecule has 2 atom stereocenters. The fourth-order valence-corrected chi connectivity index (χ4v) is 5.17. The van der Waals surface area contributed by atoms with E-state index >= 15 is 0 Å². The van der Waals surface area contributed by atoms with Gasteiger partial charge in [0.05, 0.1) is 41.6 Å². The number of alkyl halides is 3. The lowest BCUT2D eigenvalue weighted by Crippen LogP contribution is -2.32. The lowest BCUT2D eigenvalue weighted by Gasteiger charge is -2.29. The molecule has 0 unspecified atom stereocenters. The SMILES string of the molecule is COc1cc(S(C)(=O)=O)ccc1NCC#Cc1cc2c(N[C@@H]3CCO[C@@H](C)C3)cccc2n1CC(F)(F)F. The highest BCUT2D eigenvalue weighted by atomic mass is 32.2. The molecule has 1 saturated heterocycles. The molecule has 0 spiro atoms. The van der Waals surface area contributed by atoms with E-state index < -0.39 is 22.6 Å². The Balaban J connectivity index is 1.60. The van der Waals surface area contributed by atoms with Crippen molar-refractivity contribution in [3.8, 4) is 17.6 Å². The van der Waals surface area contributed by atoms with E-state index in [4.69, 9.17) is 9.47 Å². The van der Waals surface area contributed by atoms with Crippen LogP contribution in [0.1, 0.15) is 25.5 Å². The van der Waals surface area contributed by atoms with Crippen LogP contribution in [0.25, 0.3) is 10.9 Å². The molecule has 1 fully saturated rings. The van der Waals surface area contributed by atoms with Gasteiger partial charge in [0, 0.05) is 36.0 Å². The van der Waals surface area contributed by atoms with E-state index in [0.29, 0.717) is 28.9 Å². The van der Waals surface area contributed by atoms with Crippen LogP contribution in [0.2, 0.25) is 0 Å². The van der Waals surface area contributed by atoms with Crippen LogP contribution in [0.3, 0.4) is 0 Å². The zero-order valence-electron chi connectivity index (χ0n) is 21.4. The second-order valence-electron chi connectivity index (χ2n) is 9.31. The van der Waals surface area contributed by atoms with Crippen LogP contribution in [0.5, 0.6) is 5.75 Å². The maximum atomic E-state index is 13.5. The summed E-state index contributed by atoms with van der Waals surface area (Å²) >= 11 is 0. The number of rotatable bonds is 7. The first-order chi connectivity index (χ1) is 17.9. The summed E-state index contributed by atoms with van der Waals surface area (Å²) in [5.74, 6) is 6.07. The summed E-state index contributed by atoms with van der Waals surface area (Å²) in [6.07, 6.45) is -1.57. The number of hydrogen-bond acceptors (Lipinski definition) is 6. The van der Waals surface area contributed by atoms with E-state index in [-0.39, 0.29) is 29.3 Å². The summed E-state index contributed by atoms with van der Waals surface area (Å²) in [5, 5.41) is 7.19. The Bertz CT molecular complexity index is 1470. The first kappa shape index (κ1) is 27.7. The van der Waals surface area contributed by atoms with E-state index in [1.165, 1.54) is 23.8 Å². The minimum Gasteiger partial charge on any atom is -0.495 e. The van der Waals surface area contributed by atoms with Crippen molar-refractivity contribution in [2.75, 3.05) is 37.2 Å². The molecule has 204 valence electrons. The standard InChI is InChI=1S/C27H30F3N3O4S/c1-18-14-19(11-13-37-18)32-23-7-4-8-25-22(23)15-20(33(25)17-27(28,29)30)6-5-12-31-24-10-9-21(38(3,34)35)16-26(24)36-2/h4,7-10,15-16,18-19,31-32H,11-14,17H2,1-3H3/t18-,19+/m0/s1. The molecule has 0 radical (unpaired) electrons. The monoisotopic (exact) mass is 549 g/mol. The van der Waals surface area contributed by atoms with Crippen molar-refractivity contribution in [2.45, 2.75) is 49.5 Å². The van der Waals surface area contributed by atoms with Crippen LogP contribution < -0.4 is 15.4 Å². The largest absolute Gasteiger partial charge is 0.495 e. The lowest BCUT2D eigenvalue weighted by molar-refractivity contribution is -0.140. The van der Waals surface area contributed by atoms with Crippen LogP contribution in [0.4, 0.5) is 24.5 Å². The van der Waals surface area contributed by atoms with E-state index in [0.717, 1.165) is 24.8 Å². The molecule has 2 N–H and O–H groups in total. The molecular weight excluding hydrogens is 519 g/mol. The van der Waals surface area contributed by atoms with Crippen molar-refractivity contribution in [1.82, 2.24) is 4.57 Å². The predicted octanol–water partition coefficient (Wildman–Crippen LogP) is 5.06. The highest BCUT2D eigenvalue weighted by Crippen LogP contribution is 2.32. The summed E-state index contributed by atoms with van der Waals surface area (Å²) < 4.78 is 76.1. The zero-order chi connectivity index (χ0) is 27.5. The molecule has 0 aliphatic carbocycles. The third-order valence-corrected chi connectivity index (χ3v) is 7.42. The Morgan fingerprint density at radius 3 is 2.66 bits per heavy atom. The third kappa shape index (κ3) is 6.74. The molecule has 4 rings (SSSR count). The molecule has 1 aromatic heterocycles. The molecule has 1 aliphatic rings. The first-order valence-corrected chi connectivity index (χ1v) is 14.0. The van der Waals surface area contributed by atoms with Crippen LogP contribution in [0, 0.1) is 11.8 Å². The number of benzene rings is 2. The number of anilines is 2. The van der Waals surface area contributed by atoms with Crippen LogP contribution in [-0.4, -0.2) is 57.8 Å². The zero-order valence-corrected chi connectivity index (χ0v) is 22.2. The Hall–Kier alpha value is -3.36. The summed E-state index contributed by atoms with van der Waals surface area (Å²) in [5.41, 5.74) is 1.97. The fourth-order valence-electron chi connectivity index (χ4n) is 4.53. The van der Waals surface area contributed by atoms with Gasteiger partial charge in [-0.3, -0.25) is 0 Å². The highest BCUT2D eigenvalue weighted by molar-refractivity contribution is 7.90. The summed E-state index contributed by atoms with van der Waals surface area (Å²) in [6, 6.07) is 11.5. The highest BCUT2D eigenvalue weighted by Gasteiger charge is 2.30. The number of aromatic nitrogens is 1. The third-order valence-electron chi connectivity index (χ3n) is 6.31. The smallest absolute Gasteiger partial charge is 0.406 e. The Kier molecular flexibility index (Phi) is 8.13. The van der Waals surface area contributed by atoms with Gasteiger partial charge in [0.25, 0.3) is 0 Å². The van der Waals surface area contributed by atoms with Gasteiger partial charge >= 0.3 is 6.18 Å². The van der Waals surface area contributed by atoms with Crippen molar-refractivity contribution in [2.24, 2.45) is 0 Å². The summed E-state index contributed by atoms with van der Waals surface area (Å²) in [4.78, 5) is 0.113. The number of hydrogen-bond donors (Lipinski definition) is 2. The predicted molar refractivity (Wildman–Crippen MR) is 142 cm³/mol. The Labute approximate surface area is 220 Å². The van der Waals surface area contributed by atoms with Crippen molar-refractivity contribution in [3.63, 3.8) is 0 Å². The second-order valence-corrected chi connectivity index (χ2v) is 11.3. The number of nitrogens with one attached hydrogen (secondary N) is 2. The number of ether oxygens (including phenoxy) is 2. The quantitative estimate of drug-likeness (QED) is 0.401. The van der Waals surface area contributed by atoms with Crippen molar-refractivity contribution in [1.29, 1.82) is 0 Å². The number of halogens is 3. The molecule has 1 aliphatic heterocycles. The van der Waals surface area contributed by atoms with Gasteiger partial charge in [0.15, 0.2) is 9.84 Å². The van der Waals surface area contributed by atoms with Gasteiger partial charge in [-0.25, -0.2) is 8.42 Å². The van der Waals surface area contributed by atoms with Crippen molar-refractivity contribution >= 4 is 32.1 Å². The minimum absolute atomic E-state index is 0.104. The van der Waals surface area contributed by atoms with Gasteiger partial charge < -0.3 is 24.7 Å². The molecule has 11 heteroatoms. The minimum atomic E-state index is -4.42. The molecule has 2 heterocycles. The molecular formula is C27H30F3N3O4S. The van der Waals surface area contributed by atoms with Crippen LogP contribution in [0.15, 0.2) is 47.4 Å². The number of methoxy groups -OCH3 is 1. The Morgan fingerprint density at radius 1 is 1.18 bits per heavy atom. The van der Waals surface area contributed by atoms with Gasteiger partial charge in [-0.2, -0.15) is 13.2 Å². The van der Waals surface area contributed by atoms with E-state index in [2.05, 4.69) is 22.5 Å². The van der Waals surface area contributed by atoms with Crippen molar-refractivity contribution in [3.05, 3.63) is 48.2 Å². The molecule has 7 nitrogen and oxygen atoms in total. The summed E-state index contributed by atoms with van der Waals surface area (Å²) in [7, 11) is -1.99. The van der Waals surface area contributed by atoms with Gasteiger partial charge in [0.1, 0.15) is 12.3 Å². The average molecular weight is 550 g/mol. The normalized spacial score (nSPS) is 18.1. The number of sulfone groups is 1. The van der Waals surface area contributed by atoms with Gasteiger partial charge in [-0.15, -0.1) is 0 Å². The maximum Gasteiger partial charge on any atom is 0.406 e. The number of fused-ring (bicyclic) bond motifs is 1.